The first-order valence-electron chi connectivity index (χ1n) is 7.22. The molecule has 0 aromatic heterocycles. The third-order valence-electron chi connectivity index (χ3n) is 4.33. The van der Waals surface area contributed by atoms with Gasteiger partial charge in [-0.1, -0.05) is 56.7 Å². The summed E-state index contributed by atoms with van der Waals surface area (Å²) in [5.41, 5.74) is 0.867. The van der Waals surface area contributed by atoms with Crippen LogP contribution in [0.1, 0.15) is 50.5 Å². The number of hydrogen-bond donors (Lipinski definition) is 0. The summed E-state index contributed by atoms with van der Waals surface area (Å²) in [6, 6.07) is 7.33. The van der Waals surface area contributed by atoms with Gasteiger partial charge in [-0.15, -0.1) is 0 Å². The van der Waals surface area contributed by atoms with Crippen LogP contribution in [0, 0.1) is 5.92 Å². The van der Waals surface area contributed by atoms with Gasteiger partial charge in [0, 0.05) is 0 Å². The van der Waals surface area contributed by atoms with Crippen molar-refractivity contribution in [2.45, 2.75) is 49.8 Å². The van der Waals surface area contributed by atoms with Crippen molar-refractivity contribution in [3.63, 3.8) is 0 Å². The molecule has 19 heavy (non-hydrogen) atoms. The van der Waals surface area contributed by atoms with Crippen molar-refractivity contribution in [1.29, 1.82) is 0 Å². The van der Waals surface area contributed by atoms with Crippen molar-refractivity contribution in [3.05, 3.63) is 34.7 Å². The van der Waals surface area contributed by atoms with E-state index in [2.05, 4.69) is 0 Å². The molecule has 0 unspecified atom stereocenters. The fraction of sp³-hybridized carbons (Fsp3) is 0.500. The second-order valence-corrected chi connectivity index (χ2v) is 7.68. The van der Waals surface area contributed by atoms with E-state index in [1.165, 1.54) is 38.5 Å². The minimum absolute atomic E-state index is 0.499. The Balaban J connectivity index is 1.83. The Kier molecular flexibility index (Phi) is 3.48. The zero-order valence-electron chi connectivity index (χ0n) is 11.1. The van der Waals surface area contributed by atoms with Crippen LogP contribution in [0.15, 0.2) is 34.1 Å². The maximum absolute atomic E-state index is 12.5. The minimum Gasteiger partial charge on any atom is -0.219 e. The third kappa shape index (κ3) is 2.48. The van der Waals surface area contributed by atoms with E-state index >= 15 is 0 Å². The van der Waals surface area contributed by atoms with E-state index in [-0.39, 0.29) is 0 Å². The molecule has 1 fully saturated rings. The molecule has 0 atom stereocenters. The SMILES string of the molecule is O=S1(=O)C(CC2CCCCCC2)=Cc2ccccc21. The number of fused-ring (bicyclic) bond motifs is 1. The first-order valence-corrected chi connectivity index (χ1v) is 8.71. The van der Waals surface area contributed by atoms with Crippen LogP contribution in [0.25, 0.3) is 6.08 Å². The van der Waals surface area contributed by atoms with Gasteiger partial charge < -0.3 is 0 Å². The Morgan fingerprint density at radius 2 is 1.68 bits per heavy atom. The van der Waals surface area contributed by atoms with E-state index in [1.807, 2.05) is 18.2 Å². The van der Waals surface area contributed by atoms with Crippen LogP contribution in [-0.2, 0) is 9.84 Å². The van der Waals surface area contributed by atoms with Gasteiger partial charge in [0.05, 0.1) is 9.80 Å². The summed E-state index contributed by atoms with van der Waals surface area (Å²) in [5.74, 6) is 0.554. The van der Waals surface area contributed by atoms with Crippen LogP contribution in [0.5, 0.6) is 0 Å². The zero-order chi connectivity index (χ0) is 13.3. The molecule has 1 aromatic rings. The topological polar surface area (TPSA) is 34.1 Å². The van der Waals surface area contributed by atoms with Gasteiger partial charge in [-0.05, 0) is 30.0 Å². The van der Waals surface area contributed by atoms with Crippen LogP contribution in [-0.4, -0.2) is 8.42 Å². The average molecular weight is 276 g/mol. The molecule has 102 valence electrons. The molecule has 1 aromatic carbocycles. The Hall–Kier alpha value is -1.09. The average Bonchev–Trinajstić information content (AvgIpc) is 2.60. The van der Waals surface area contributed by atoms with Gasteiger partial charge in [0.15, 0.2) is 0 Å². The Morgan fingerprint density at radius 1 is 1.00 bits per heavy atom. The van der Waals surface area contributed by atoms with Crippen molar-refractivity contribution >= 4 is 15.9 Å². The van der Waals surface area contributed by atoms with Crippen LogP contribution in [0.3, 0.4) is 0 Å². The lowest BCUT2D eigenvalue weighted by Crippen LogP contribution is -2.06. The molecule has 0 N–H and O–H groups in total. The highest BCUT2D eigenvalue weighted by Gasteiger charge is 2.30. The summed E-state index contributed by atoms with van der Waals surface area (Å²) in [4.78, 5) is 1.14. The van der Waals surface area contributed by atoms with Crippen LogP contribution < -0.4 is 0 Å². The first kappa shape index (κ1) is 12.9. The summed E-state index contributed by atoms with van der Waals surface area (Å²) in [5, 5.41) is 0. The molecular formula is C16H20O2S. The monoisotopic (exact) mass is 276 g/mol. The molecule has 1 aliphatic carbocycles. The molecule has 0 radical (unpaired) electrons. The summed E-state index contributed by atoms with van der Waals surface area (Å²) >= 11 is 0. The number of rotatable bonds is 2. The Morgan fingerprint density at radius 3 is 2.37 bits per heavy atom. The predicted molar refractivity (Wildman–Crippen MR) is 77.4 cm³/mol. The van der Waals surface area contributed by atoms with Gasteiger partial charge in [0.1, 0.15) is 0 Å². The maximum atomic E-state index is 12.5. The van der Waals surface area contributed by atoms with Gasteiger partial charge in [0.2, 0.25) is 9.84 Å². The largest absolute Gasteiger partial charge is 0.219 e. The number of sulfone groups is 1. The molecule has 0 amide bonds. The van der Waals surface area contributed by atoms with Crippen molar-refractivity contribution in [3.8, 4) is 0 Å². The standard InChI is InChI=1S/C16H20O2S/c17-19(18)15(11-13-7-3-1-2-4-8-13)12-14-9-5-6-10-16(14)19/h5-6,9-10,12-13H,1-4,7-8,11H2. The van der Waals surface area contributed by atoms with Crippen molar-refractivity contribution in [2.24, 2.45) is 5.92 Å². The molecule has 0 bridgehead atoms. The lowest BCUT2D eigenvalue weighted by Gasteiger charge is -2.14. The second-order valence-electron chi connectivity index (χ2n) is 5.71. The van der Waals surface area contributed by atoms with Crippen molar-refractivity contribution < 1.29 is 8.42 Å². The summed E-state index contributed by atoms with van der Waals surface area (Å²) in [6.45, 7) is 0. The molecule has 1 aliphatic heterocycles. The van der Waals surface area contributed by atoms with E-state index in [1.54, 1.807) is 12.1 Å². The lowest BCUT2D eigenvalue weighted by atomic mass is 9.96. The number of allylic oxidation sites excluding steroid dienone is 1. The van der Waals surface area contributed by atoms with Crippen molar-refractivity contribution in [2.75, 3.05) is 0 Å². The number of hydrogen-bond acceptors (Lipinski definition) is 2. The van der Waals surface area contributed by atoms with E-state index < -0.39 is 9.84 Å². The quantitative estimate of drug-likeness (QED) is 0.759. The molecule has 1 heterocycles. The molecular weight excluding hydrogens is 256 g/mol. The van der Waals surface area contributed by atoms with Gasteiger partial charge in [0.25, 0.3) is 0 Å². The number of benzene rings is 1. The van der Waals surface area contributed by atoms with Gasteiger partial charge in [-0.25, -0.2) is 8.42 Å². The van der Waals surface area contributed by atoms with E-state index in [4.69, 9.17) is 0 Å². The van der Waals surface area contributed by atoms with E-state index in [0.717, 1.165) is 12.0 Å². The molecule has 3 heteroatoms. The molecule has 2 aliphatic rings. The van der Waals surface area contributed by atoms with Crippen LogP contribution in [0.4, 0.5) is 0 Å². The van der Waals surface area contributed by atoms with Crippen LogP contribution >= 0.6 is 0 Å². The van der Waals surface area contributed by atoms with Crippen molar-refractivity contribution in [1.82, 2.24) is 0 Å². The van der Waals surface area contributed by atoms with Crippen LogP contribution in [0.2, 0.25) is 0 Å². The molecule has 2 nitrogen and oxygen atoms in total. The normalized spacial score (nSPS) is 22.6. The highest BCUT2D eigenvalue weighted by Crippen LogP contribution is 2.38. The minimum atomic E-state index is -3.20. The Bertz CT molecular complexity index is 591. The third-order valence-corrected chi connectivity index (χ3v) is 6.26. The van der Waals surface area contributed by atoms with E-state index in [9.17, 15) is 8.42 Å². The van der Waals surface area contributed by atoms with Gasteiger partial charge in [-0.2, -0.15) is 0 Å². The molecule has 3 rings (SSSR count). The maximum Gasteiger partial charge on any atom is 0.203 e. The smallest absolute Gasteiger partial charge is 0.203 e. The first-order chi connectivity index (χ1) is 9.18. The van der Waals surface area contributed by atoms with Gasteiger partial charge in [-0.3, -0.25) is 0 Å². The second kappa shape index (κ2) is 5.12. The zero-order valence-corrected chi connectivity index (χ0v) is 12.0. The fourth-order valence-electron chi connectivity index (χ4n) is 3.26. The summed E-state index contributed by atoms with van der Waals surface area (Å²) in [6.07, 6.45) is 10.1. The molecule has 0 spiro atoms. The highest BCUT2D eigenvalue weighted by molar-refractivity contribution is 7.95. The lowest BCUT2D eigenvalue weighted by molar-refractivity contribution is 0.461. The molecule has 1 saturated carbocycles. The Labute approximate surface area is 115 Å². The summed E-state index contributed by atoms with van der Waals surface area (Å²) < 4.78 is 25.0. The van der Waals surface area contributed by atoms with E-state index in [0.29, 0.717) is 15.7 Å². The predicted octanol–water partition coefficient (Wildman–Crippen LogP) is 4.18. The highest BCUT2D eigenvalue weighted by atomic mass is 32.2. The summed E-state index contributed by atoms with van der Waals surface area (Å²) in [7, 11) is -3.20. The molecule has 0 saturated heterocycles. The fourth-order valence-corrected chi connectivity index (χ4v) is 4.97. The van der Waals surface area contributed by atoms with Gasteiger partial charge >= 0.3 is 0 Å².